The van der Waals surface area contributed by atoms with Gasteiger partial charge in [0.2, 0.25) is 5.78 Å². The predicted octanol–water partition coefficient (Wildman–Crippen LogP) is 4.08. The van der Waals surface area contributed by atoms with Gasteiger partial charge in [0.05, 0.1) is 23.0 Å². The monoisotopic (exact) mass is 432 g/mol. The number of para-hydroxylation sites is 1. The Bertz CT molecular complexity index is 1250. The third-order valence-electron chi connectivity index (χ3n) is 5.25. The van der Waals surface area contributed by atoms with Crippen molar-refractivity contribution in [2.24, 2.45) is 0 Å². The maximum Gasteiger partial charge on any atom is 0.338 e. The summed E-state index contributed by atoms with van der Waals surface area (Å²) in [4.78, 5) is 36.1. The summed E-state index contributed by atoms with van der Waals surface area (Å²) in [6.07, 6.45) is 3.86. The first-order chi connectivity index (χ1) is 15.5. The number of aromatic nitrogens is 1. The molecule has 9 heteroatoms. The number of esters is 1. The Morgan fingerprint density at radius 1 is 1.25 bits per heavy atom. The summed E-state index contributed by atoms with van der Waals surface area (Å²) in [6.45, 7) is -0.0596. The number of ether oxygens (including phenoxy) is 1. The van der Waals surface area contributed by atoms with E-state index in [1.165, 1.54) is 12.1 Å². The summed E-state index contributed by atoms with van der Waals surface area (Å²) in [6, 6.07) is 13.7. The van der Waals surface area contributed by atoms with Crippen LogP contribution in [-0.4, -0.2) is 33.9 Å². The highest BCUT2D eigenvalue weighted by atomic mass is 16.6. The van der Waals surface area contributed by atoms with Gasteiger partial charge in [-0.15, -0.1) is 0 Å². The maximum atomic E-state index is 12.8. The lowest BCUT2D eigenvalue weighted by molar-refractivity contribution is -0.384. The first kappa shape index (κ1) is 21.1. The van der Waals surface area contributed by atoms with Crippen molar-refractivity contribution in [3.63, 3.8) is 0 Å². The number of carbonyl (C=O) groups excluding carboxylic acids is 2. The van der Waals surface area contributed by atoms with E-state index in [9.17, 15) is 19.7 Å². The molecule has 0 saturated heterocycles. The molecule has 4 rings (SSSR count). The van der Waals surface area contributed by atoms with Gasteiger partial charge in [-0.05, 0) is 31.0 Å². The fourth-order valence-electron chi connectivity index (χ4n) is 3.50. The second-order valence-electron chi connectivity index (χ2n) is 7.57. The number of nitriles is 1. The van der Waals surface area contributed by atoms with E-state index in [1.54, 1.807) is 18.3 Å². The highest BCUT2D eigenvalue weighted by Gasteiger charge is 2.26. The number of nitrogens with one attached hydrogen (secondary N) is 1. The van der Waals surface area contributed by atoms with E-state index in [1.807, 2.05) is 16.7 Å². The Morgan fingerprint density at radius 2 is 2.03 bits per heavy atom. The molecule has 0 aliphatic heterocycles. The van der Waals surface area contributed by atoms with Crippen molar-refractivity contribution >= 4 is 34.0 Å². The molecule has 0 spiro atoms. The summed E-state index contributed by atoms with van der Waals surface area (Å²) < 4.78 is 6.98. The van der Waals surface area contributed by atoms with Crippen LogP contribution in [0.15, 0.2) is 48.7 Å². The van der Waals surface area contributed by atoms with E-state index in [-0.39, 0.29) is 17.3 Å². The molecule has 1 N–H and O–H groups in total. The molecule has 1 aliphatic carbocycles. The van der Waals surface area contributed by atoms with Crippen molar-refractivity contribution in [2.45, 2.75) is 31.8 Å². The molecule has 0 atom stereocenters. The summed E-state index contributed by atoms with van der Waals surface area (Å²) in [7, 11) is 0. The topological polar surface area (TPSA) is 127 Å². The van der Waals surface area contributed by atoms with Crippen molar-refractivity contribution in [1.29, 1.82) is 5.26 Å². The maximum absolute atomic E-state index is 12.8. The molecule has 32 heavy (non-hydrogen) atoms. The molecule has 9 nitrogen and oxygen atoms in total. The molecule has 1 aliphatic rings. The fraction of sp³-hybridized carbons (Fsp3) is 0.261. The van der Waals surface area contributed by atoms with Crippen LogP contribution in [0.5, 0.6) is 0 Å². The zero-order valence-electron chi connectivity index (χ0n) is 17.1. The SMILES string of the molecule is N#CCCn1cc(C(=O)COC(=O)c2ccc(NC3CC3)c([N+](=O)[O-])c2)c2ccccc21. The highest BCUT2D eigenvalue weighted by Crippen LogP contribution is 2.31. The predicted molar refractivity (Wildman–Crippen MR) is 117 cm³/mol. The van der Waals surface area contributed by atoms with Crippen LogP contribution < -0.4 is 5.32 Å². The first-order valence-electron chi connectivity index (χ1n) is 10.2. The van der Waals surface area contributed by atoms with Crippen LogP contribution in [0.3, 0.4) is 0 Å². The minimum atomic E-state index is -0.812. The lowest BCUT2D eigenvalue weighted by Crippen LogP contribution is -2.14. The van der Waals surface area contributed by atoms with Gasteiger partial charge in [-0.3, -0.25) is 14.9 Å². The number of nitro groups is 1. The van der Waals surface area contributed by atoms with Crippen molar-refractivity contribution in [1.82, 2.24) is 4.57 Å². The zero-order chi connectivity index (χ0) is 22.7. The van der Waals surface area contributed by atoms with Crippen LogP contribution in [0.2, 0.25) is 0 Å². The molecule has 0 amide bonds. The number of carbonyl (C=O) groups is 2. The minimum absolute atomic E-state index is 0.00213. The molecule has 1 aromatic heterocycles. The van der Waals surface area contributed by atoms with E-state index in [4.69, 9.17) is 10.00 Å². The first-order valence-corrected chi connectivity index (χ1v) is 10.2. The summed E-state index contributed by atoms with van der Waals surface area (Å²) in [5.41, 5.74) is 1.35. The summed E-state index contributed by atoms with van der Waals surface area (Å²) in [5.74, 6) is -1.21. The van der Waals surface area contributed by atoms with Crippen molar-refractivity contribution < 1.29 is 19.2 Å². The minimum Gasteiger partial charge on any atom is -0.454 e. The largest absolute Gasteiger partial charge is 0.454 e. The van der Waals surface area contributed by atoms with Crippen molar-refractivity contribution in [2.75, 3.05) is 11.9 Å². The van der Waals surface area contributed by atoms with Crippen LogP contribution in [-0.2, 0) is 11.3 Å². The van der Waals surface area contributed by atoms with Crippen LogP contribution in [0.25, 0.3) is 10.9 Å². The molecular formula is C23H20N4O5. The van der Waals surface area contributed by atoms with Crippen LogP contribution in [0.1, 0.15) is 40.0 Å². The number of Topliss-reactive ketones (excluding diaryl/α,β-unsaturated/α-hetero) is 1. The smallest absolute Gasteiger partial charge is 0.338 e. The Morgan fingerprint density at radius 3 is 2.75 bits per heavy atom. The van der Waals surface area contributed by atoms with Crippen molar-refractivity contribution in [3.05, 3.63) is 69.9 Å². The lowest BCUT2D eigenvalue weighted by atomic mass is 10.1. The number of ketones is 1. The number of nitro benzene ring substituents is 1. The number of aryl methyl sites for hydroxylation is 1. The Hall–Kier alpha value is -4.19. The third-order valence-corrected chi connectivity index (χ3v) is 5.25. The third kappa shape index (κ3) is 4.44. The normalized spacial score (nSPS) is 12.8. The molecule has 162 valence electrons. The number of benzene rings is 2. The van der Waals surface area contributed by atoms with E-state index in [0.717, 1.165) is 24.4 Å². The van der Waals surface area contributed by atoms with Gasteiger partial charge in [0, 0.05) is 41.3 Å². The molecule has 0 radical (unpaired) electrons. The molecular weight excluding hydrogens is 412 g/mol. The number of anilines is 1. The Kier molecular flexibility index (Phi) is 5.85. The fourth-order valence-corrected chi connectivity index (χ4v) is 3.50. The number of fused-ring (bicyclic) bond motifs is 1. The van der Waals surface area contributed by atoms with Crippen LogP contribution >= 0.6 is 0 Å². The van der Waals surface area contributed by atoms with Gasteiger partial charge in [-0.25, -0.2) is 4.79 Å². The molecule has 1 saturated carbocycles. The quantitative estimate of drug-likeness (QED) is 0.234. The van der Waals surface area contributed by atoms with E-state index < -0.39 is 23.3 Å². The number of hydrogen-bond acceptors (Lipinski definition) is 7. The van der Waals surface area contributed by atoms with E-state index in [2.05, 4.69) is 11.4 Å². The van der Waals surface area contributed by atoms with Gasteiger partial charge < -0.3 is 14.6 Å². The number of rotatable bonds is 9. The van der Waals surface area contributed by atoms with Gasteiger partial charge in [0.15, 0.2) is 6.61 Å². The number of nitrogens with zero attached hydrogens (tertiary/aromatic N) is 3. The number of hydrogen-bond donors (Lipinski definition) is 1. The van der Waals surface area contributed by atoms with Gasteiger partial charge in [0.1, 0.15) is 5.69 Å². The molecule has 0 unspecified atom stereocenters. The molecule has 3 aromatic rings. The molecule has 1 fully saturated rings. The average molecular weight is 432 g/mol. The average Bonchev–Trinajstić information content (AvgIpc) is 3.54. The lowest BCUT2D eigenvalue weighted by Gasteiger charge is -2.08. The Labute approximate surface area is 183 Å². The van der Waals surface area contributed by atoms with Crippen molar-refractivity contribution in [3.8, 4) is 6.07 Å². The highest BCUT2D eigenvalue weighted by molar-refractivity contribution is 6.09. The second kappa shape index (κ2) is 8.89. The van der Waals surface area contributed by atoms with Gasteiger partial charge in [-0.1, -0.05) is 18.2 Å². The van der Waals surface area contributed by atoms with E-state index >= 15 is 0 Å². The zero-order valence-corrected chi connectivity index (χ0v) is 17.1. The van der Waals surface area contributed by atoms with Gasteiger partial charge in [-0.2, -0.15) is 5.26 Å². The van der Waals surface area contributed by atoms with Crippen LogP contribution in [0.4, 0.5) is 11.4 Å². The van der Waals surface area contributed by atoms with Gasteiger partial charge >= 0.3 is 5.97 Å². The van der Waals surface area contributed by atoms with Gasteiger partial charge in [0.25, 0.3) is 5.69 Å². The summed E-state index contributed by atoms with van der Waals surface area (Å²) >= 11 is 0. The molecule has 0 bridgehead atoms. The molecule has 2 aromatic carbocycles. The summed E-state index contributed by atoms with van der Waals surface area (Å²) in [5, 5.41) is 24.0. The molecule has 1 heterocycles. The van der Waals surface area contributed by atoms with Crippen LogP contribution in [0, 0.1) is 21.4 Å². The Balaban J connectivity index is 1.48. The standard InChI is InChI=1S/C23H20N4O5/c24-10-3-11-26-13-18(17-4-1-2-5-20(17)26)22(28)14-32-23(29)15-6-9-19(25-16-7-8-16)21(12-15)27(30)31/h1-2,4-6,9,12-13,16,25H,3,7-8,11,14H2. The second-order valence-corrected chi connectivity index (χ2v) is 7.57. The van der Waals surface area contributed by atoms with E-state index in [0.29, 0.717) is 29.6 Å².